The number of rotatable bonds is 5. The van der Waals surface area contributed by atoms with E-state index in [1.807, 2.05) is 19.1 Å². The fourth-order valence-electron chi connectivity index (χ4n) is 4.26. The van der Waals surface area contributed by atoms with Crippen LogP contribution >= 0.6 is 0 Å². The van der Waals surface area contributed by atoms with E-state index in [0.29, 0.717) is 0 Å². The highest BCUT2D eigenvalue weighted by Crippen LogP contribution is 2.32. The summed E-state index contributed by atoms with van der Waals surface area (Å²) in [5.74, 6) is 2.13. The Morgan fingerprint density at radius 2 is 1.84 bits per heavy atom. The second-order valence-electron chi connectivity index (χ2n) is 8.32. The lowest BCUT2D eigenvalue weighted by Gasteiger charge is -2.25. The fraction of sp³-hybridized carbons (Fsp3) is 0.269. The number of phenolic OH excluding ortho intramolecular Hbond substituents is 1. The summed E-state index contributed by atoms with van der Waals surface area (Å²) in [5.41, 5.74) is 4.82. The van der Waals surface area contributed by atoms with E-state index < -0.39 is 0 Å². The summed E-state index contributed by atoms with van der Waals surface area (Å²) < 4.78 is 6.16. The molecule has 0 saturated carbocycles. The summed E-state index contributed by atoms with van der Waals surface area (Å²) in [6, 6.07) is 17.6. The molecule has 31 heavy (non-hydrogen) atoms. The largest absolute Gasteiger partial charge is 0.508 e. The van der Waals surface area contributed by atoms with E-state index in [0.717, 1.165) is 64.6 Å². The van der Waals surface area contributed by atoms with Crippen molar-refractivity contribution in [1.82, 2.24) is 9.88 Å². The van der Waals surface area contributed by atoms with Crippen molar-refractivity contribution in [1.29, 1.82) is 0 Å². The van der Waals surface area contributed by atoms with Crippen molar-refractivity contribution >= 4 is 22.3 Å². The highest BCUT2D eigenvalue weighted by Gasteiger charge is 2.14. The summed E-state index contributed by atoms with van der Waals surface area (Å²) in [6.45, 7) is 5.21. The lowest BCUT2D eigenvalue weighted by molar-refractivity contribution is 0.206. The van der Waals surface area contributed by atoms with Gasteiger partial charge in [0.2, 0.25) is 0 Å². The highest BCUT2D eigenvalue weighted by molar-refractivity contribution is 5.95. The molecule has 0 spiro atoms. The molecule has 5 nitrogen and oxygen atoms in total. The summed E-state index contributed by atoms with van der Waals surface area (Å²) in [5, 5.41) is 14.3. The zero-order chi connectivity index (χ0) is 21.2. The first kappa shape index (κ1) is 19.6. The molecule has 158 valence electrons. The highest BCUT2D eigenvalue weighted by atomic mass is 16.3. The normalized spacial score (nSPS) is 14.7. The number of aromatic hydroxyl groups is 1. The quantitative estimate of drug-likeness (QED) is 0.406. The molecule has 0 atom stereocenters. The predicted molar refractivity (Wildman–Crippen MR) is 125 cm³/mol. The molecule has 0 unspecified atom stereocenters. The first-order valence-corrected chi connectivity index (χ1v) is 10.9. The number of piperidine rings is 1. The number of pyridine rings is 1. The van der Waals surface area contributed by atoms with Crippen molar-refractivity contribution in [2.24, 2.45) is 0 Å². The average molecular weight is 414 g/mol. The first-order chi connectivity index (χ1) is 15.2. The third-order valence-electron chi connectivity index (χ3n) is 6.01. The molecular formula is C26H27N3O2. The number of likely N-dealkylation sites (tertiary alicyclic amines) is 1. The maximum absolute atomic E-state index is 9.83. The van der Waals surface area contributed by atoms with Crippen molar-refractivity contribution in [3.8, 4) is 17.1 Å². The van der Waals surface area contributed by atoms with Crippen LogP contribution in [0.1, 0.15) is 30.6 Å². The van der Waals surface area contributed by atoms with Crippen LogP contribution in [0.25, 0.3) is 22.2 Å². The minimum Gasteiger partial charge on any atom is -0.508 e. The lowest BCUT2D eigenvalue weighted by Crippen LogP contribution is -2.28. The molecule has 0 amide bonds. The Bertz CT molecular complexity index is 1210. The number of benzene rings is 2. The number of anilines is 2. The van der Waals surface area contributed by atoms with Gasteiger partial charge in [-0.1, -0.05) is 18.6 Å². The first-order valence-electron chi connectivity index (χ1n) is 10.9. The Labute approximate surface area is 182 Å². The number of furan rings is 1. The Balaban J connectivity index is 1.40. The number of nitrogens with one attached hydrogen (secondary N) is 1. The van der Waals surface area contributed by atoms with Gasteiger partial charge in [0, 0.05) is 34.6 Å². The number of nitrogens with zero attached hydrogens (tertiary/aromatic N) is 2. The van der Waals surface area contributed by atoms with Gasteiger partial charge in [-0.2, -0.15) is 0 Å². The van der Waals surface area contributed by atoms with Crippen molar-refractivity contribution < 1.29 is 9.52 Å². The smallest absolute Gasteiger partial charge is 0.134 e. The van der Waals surface area contributed by atoms with Gasteiger partial charge < -0.3 is 14.8 Å². The maximum atomic E-state index is 9.83. The Morgan fingerprint density at radius 3 is 2.71 bits per heavy atom. The van der Waals surface area contributed by atoms with Crippen molar-refractivity contribution in [3.63, 3.8) is 0 Å². The molecule has 1 aliphatic rings. The SMILES string of the molecule is Cc1ccc(O)cc1Nc1ccnc2cc(-c3ccc(CN4CCCCC4)o3)ccc12. The molecule has 5 heteroatoms. The number of phenols is 1. The van der Waals surface area contributed by atoms with Gasteiger partial charge >= 0.3 is 0 Å². The standard InChI is InChI=1S/C26H27N3O2/c1-18-5-7-20(30)16-24(18)28-23-11-12-27-25-15-19(6-9-22(23)25)26-10-8-21(31-26)17-29-13-3-2-4-14-29/h5-12,15-16,30H,2-4,13-14,17H2,1H3,(H,27,28). The van der Waals surface area contributed by atoms with Gasteiger partial charge in [0.15, 0.2) is 0 Å². The molecule has 0 bridgehead atoms. The molecule has 1 fully saturated rings. The topological polar surface area (TPSA) is 61.5 Å². The Hall–Kier alpha value is -3.31. The predicted octanol–water partition coefficient (Wildman–Crippen LogP) is 6.24. The van der Waals surface area contributed by atoms with Crippen LogP contribution in [0.4, 0.5) is 11.4 Å². The Morgan fingerprint density at radius 1 is 0.968 bits per heavy atom. The van der Waals surface area contributed by atoms with E-state index in [4.69, 9.17) is 4.42 Å². The summed E-state index contributed by atoms with van der Waals surface area (Å²) >= 11 is 0. The molecule has 0 aliphatic carbocycles. The fourth-order valence-corrected chi connectivity index (χ4v) is 4.26. The van der Waals surface area contributed by atoms with Crippen LogP contribution in [0.3, 0.4) is 0 Å². The van der Waals surface area contributed by atoms with E-state index in [9.17, 15) is 5.11 Å². The van der Waals surface area contributed by atoms with Gasteiger partial charge in [0.25, 0.3) is 0 Å². The van der Waals surface area contributed by atoms with Crippen LogP contribution in [0.5, 0.6) is 5.75 Å². The van der Waals surface area contributed by atoms with Gasteiger partial charge in [0.1, 0.15) is 17.3 Å². The Kier molecular flexibility index (Phi) is 5.35. The molecule has 4 aromatic rings. The summed E-state index contributed by atoms with van der Waals surface area (Å²) in [4.78, 5) is 7.04. The van der Waals surface area contributed by atoms with Gasteiger partial charge in [-0.15, -0.1) is 0 Å². The molecule has 5 rings (SSSR count). The molecule has 1 aliphatic heterocycles. The number of aryl methyl sites for hydroxylation is 1. The molecular weight excluding hydrogens is 386 g/mol. The van der Waals surface area contributed by atoms with Gasteiger partial charge in [-0.05, 0) is 74.8 Å². The van der Waals surface area contributed by atoms with Crippen LogP contribution in [0.2, 0.25) is 0 Å². The minimum atomic E-state index is 0.243. The van der Waals surface area contributed by atoms with E-state index in [1.165, 1.54) is 19.3 Å². The second kappa shape index (κ2) is 8.44. The minimum absolute atomic E-state index is 0.243. The number of hydrogen-bond donors (Lipinski definition) is 2. The molecule has 2 aromatic carbocycles. The zero-order valence-electron chi connectivity index (χ0n) is 17.8. The molecule has 2 N–H and O–H groups in total. The van der Waals surface area contributed by atoms with Gasteiger partial charge in [-0.3, -0.25) is 9.88 Å². The zero-order valence-corrected chi connectivity index (χ0v) is 17.8. The van der Waals surface area contributed by atoms with Crippen LogP contribution in [-0.4, -0.2) is 28.1 Å². The molecule has 3 heterocycles. The summed E-state index contributed by atoms with van der Waals surface area (Å²) in [7, 11) is 0. The van der Waals surface area contributed by atoms with E-state index >= 15 is 0 Å². The second-order valence-corrected chi connectivity index (χ2v) is 8.32. The van der Waals surface area contributed by atoms with Crippen molar-refractivity contribution in [2.45, 2.75) is 32.7 Å². The van der Waals surface area contributed by atoms with E-state index in [1.54, 1.807) is 18.3 Å². The maximum Gasteiger partial charge on any atom is 0.134 e. The van der Waals surface area contributed by atoms with Crippen LogP contribution in [0, 0.1) is 6.92 Å². The number of aromatic nitrogens is 1. The van der Waals surface area contributed by atoms with Crippen molar-refractivity contribution in [2.75, 3.05) is 18.4 Å². The van der Waals surface area contributed by atoms with E-state index in [-0.39, 0.29) is 5.75 Å². The average Bonchev–Trinajstić information content (AvgIpc) is 3.25. The molecule has 0 radical (unpaired) electrons. The van der Waals surface area contributed by atoms with Crippen LogP contribution in [-0.2, 0) is 6.54 Å². The van der Waals surface area contributed by atoms with Gasteiger partial charge in [0.05, 0.1) is 12.1 Å². The molecule has 1 saturated heterocycles. The van der Waals surface area contributed by atoms with Gasteiger partial charge in [-0.25, -0.2) is 0 Å². The molecule has 2 aromatic heterocycles. The van der Waals surface area contributed by atoms with Crippen LogP contribution in [0.15, 0.2) is 65.2 Å². The van der Waals surface area contributed by atoms with E-state index in [2.05, 4.69) is 45.5 Å². The number of hydrogen-bond acceptors (Lipinski definition) is 5. The third-order valence-corrected chi connectivity index (χ3v) is 6.01. The summed E-state index contributed by atoms with van der Waals surface area (Å²) in [6.07, 6.45) is 5.70. The lowest BCUT2D eigenvalue weighted by atomic mass is 10.1. The third kappa shape index (κ3) is 4.28. The van der Waals surface area contributed by atoms with Crippen molar-refractivity contribution in [3.05, 3.63) is 72.1 Å². The monoisotopic (exact) mass is 413 g/mol. The number of fused-ring (bicyclic) bond motifs is 1. The van der Waals surface area contributed by atoms with Crippen LogP contribution < -0.4 is 5.32 Å².